The highest BCUT2D eigenvalue weighted by Crippen LogP contribution is 2.18. The number of carbonyl (C=O) groups is 2. The van der Waals surface area contributed by atoms with Gasteiger partial charge in [0, 0.05) is 12.8 Å². The molecule has 0 aromatic carbocycles. The predicted molar refractivity (Wildman–Crippen MR) is 292 cm³/mol. The number of rotatable bonds is 56. The third kappa shape index (κ3) is 53.5. The molecule has 0 spiro atoms. The summed E-state index contributed by atoms with van der Waals surface area (Å²) in [5.74, 6) is -0.0575. The van der Waals surface area contributed by atoms with Gasteiger partial charge in [0.1, 0.15) is 0 Å². The topological polar surface area (TPSA) is 95.9 Å². The third-order valence-corrected chi connectivity index (χ3v) is 14.0. The largest absolute Gasteiger partial charge is 0.466 e. The van der Waals surface area contributed by atoms with Crippen molar-refractivity contribution in [3.05, 3.63) is 24.3 Å². The van der Waals surface area contributed by atoms with Crippen molar-refractivity contribution >= 4 is 11.9 Å². The lowest BCUT2D eigenvalue weighted by atomic mass is 10.0. The molecule has 0 saturated heterocycles. The van der Waals surface area contributed by atoms with Crippen molar-refractivity contribution in [2.24, 2.45) is 0 Å². The summed E-state index contributed by atoms with van der Waals surface area (Å²) in [5.41, 5.74) is 0. The summed E-state index contributed by atoms with van der Waals surface area (Å²) in [6.07, 6.45) is 69.6. The smallest absolute Gasteiger partial charge is 0.305 e. The summed E-state index contributed by atoms with van der Waals surface area (Å²) >= 11 is 0. The van der Waals surface area contributed by atoms with E-state index in [-0.39, 0.29) is 18.5 Å². The fourth-order valence-corrected chi connectivity index (χ4v) is 9.32. The number of hydrogen-bond acceptors (Lipinski definition) is 5. The summed E-state index contributed by atoms with van der Waals surface area (Å²) in [4.78, 5) is 24.4. The lowest BCUT2D eigenvalue weighted by molar-refractivity contribution is -0.143. The lowest BCUT2D eigenvalue weighted by Crippen LogP contribution is -2.45. The van der Waals surface area contributed by atoms with Gasteiger partial charge in [0.2, 0.25) is 5.91 Å². The molecule has 6 nitrogen and oxygen atoms in total. The first-order chi connectivity index (χ1) is 33.0. The second-order valence-corrected chi connectivity index (χ2v) is 20.7. The maximum atomic E-state index is 12.4. The molecule has 2 unspecified atom stereocenters. The van der Waals surface area contributed by atoms with Crippen LogP contribution < -0.4 is 5.32 Å². The van der Waals surface area contributed by atoms with Crippen LogP contribution in [-0.2, 0) is 14.3 Å². The van der Waals surface area contributed by atoms with E-state index in [4.69, 9.17) is 4.74 Å². The monoisotopic (exact) mass is 944 g/mol. The van der Waals surface area contributed by atoms with E-state index in [1.54, 1.807) is 6.08 Å². The molecule has 0 heterocycles. The van der Waals surface area contributed by atoms with E-state index in [0.717, 1.165) is 44.9 Å². The highest BCUT2D eigenvalue weighted by molar-refractivity contribution is 5.76. The molecule has 1 amide bonds. The summed E-state index contributed by atoms with van der Waals surface area (Å²) in [5, 5.41) is 22.9. The molecule has 0 fully saturated rings. The predicted octanol–water partition coefficient (Wildman–Crippen LogP) is 18.6. The van der Waals surface area contributed by atoms with E-state index in [1.165, 1.54) is 257 Å². The van der Waals surface area contributed by atoms with Gasteiger partial charge in [-0.05, 0) is 51.4 Å². The lowest BCUT2D eigenvalue weighted by Gasteiger charge is -2.20. The van der Waals surface area contributed by atoms with Crippen molar-refractivity contribution in [3.63, 3.8) is 0 Å². The molecule has 0 aromatic rings. The quantitative estimate of drug-likeness (QED) is 0.0321. The second-order valence-electron chi connectivity index (χ2n) is 20.7. The number of amides is 1. The molecular weight excluding hydrogens is 827 g/mol. The van der Waals surface area contributed by atoms with Gasteiger partial charge in [-0.1, -0.05) is 289 Å². The van der Waals surface area contributed by atoms with Gasteiger partial charge in [-0.15, -0.1) is 0 Å². The van der Waals surface area contributed by atoms with Gasteiger partial charge in [0.25, 0.3) is 0 Å². The SMILES string of the molecule is CCCC/C=C\CCCCCCCC(=O)OCCCCCCCCCCCCCCCCCCCCCCCCCCCCCCCCC(=O)NC(CO)C(O)/C=C/CCCCCCCCC. The standard InChI is InChI=1S/C61H117NO5/c1-3-5-7-9-11-13-34-39-43-47-51-55-61(66)67-56-52-48-44-40-36-33-31-29-27-25-23-21-19-17-15-14-16-18-20-22-24-26-28-30-32-35-38-42-46-50-54-60(65)62-58(57-63)59(64)53-49-45-41-37-12-10-8-6-4-2/h9,11,49,53,58-59,63-64H,3-8,10,12-48,50-52,54-57H2,1-2H3,(H,62,65)/b11-9-,53-49+. The molecule has 0 radical (unpaired) electrons. The number of aliphatic hydroxyl groups excluding tert-OH is 2. The first-order valence-electron chi connectivity index (χ1n) is 30.1. The second kappa shape index (κ2) is 56.9. The number of unbranched alkanes of at least 4 members (excludes halogenated alkanes) is 43. The maximum Gasteiger partial charge on any atom is 0.305 e. The fourth-order valence-electron chi connectivity index (χ4n) is 9.32. The van der Waals surface area contributed by atoms with Crippen LogP contribution in [0, 0.1) is 0 Å². The zero-order chi connectivity index (χ0) is 48.6. The number of esters is 1. The van der Waals surface area contributed by atoms with Crippen molar-refractivity contribution in [2.45, 2.75) is 341 Å². The van der Waals surface area contributed by atoms with Crippen molar-refractivity contribution in [1.29, 1.82) is 0 Å². The molecule has 0 aliphatic carbocycles. The van der Waals surface area contributed by atoms with Gasteiger partial charge < -0.3 is 20.3 Å². The molecule has 0 saturated carbocycles. The van der Waals surface area contributed by atoms with Crippen LogP contribution >= 0.6 is 0 Å². The van der Waals surface area contributed by atoms with Gasteiger partial charge in [-0.3, -0.25) is 9.59 Å². The number of hydrogen-bond donors (Lipinski definition) is 3. The molecule has 0 aliphatic rings. The van der Waals surface area contributed by atoms with Crippen molar-refractivity contribution in [3.8, 4) is 0 Å². The molecule has 396 valence electrons. The molecule has 0 aliphatic heterocycles. The van der Waals surface area contributed by atoms with E-state index < -0.39 is 12.1 Å². The van der Waals surface area contributed by atoms with Crippen LogP contribution in [0.3, 0.4) is 0 Å². The molecular formula is C61H117NO5. The molecule has 6 heteroatoms. The highest BCUT2D eigenvalue weighted by Gasteiger charge is 2.18. The Kier molecular flexibility index (Phi) is 55.5. The average molecular weight is 945 g/mol. The molecule has 2 atom stereocenters. The normalized spacial score (nSPS) is 12.7. The van der Waals surface area contributed by atoms with E-state index in [0.29, 0.717) is 19.4 Å². The summed E-state index contributed by atoms with van der Waals surface area (Å²) < 4.78 is 5.46. The number of ether oxygens (including phenoxy) is 1. The molecule has 0 bridgehead atoms. The fraction of sp³-hybridized carbons (Fsp3) is 0.902. The van der Waals surface area contributed by atoms with Crippen LogP contribution in [-0.4, -0.2) is 47.4 Å². The van der Waals surface area contributed by atoms with Gasteiger partial charge >= 0.3 is 5.97 Å². The van der Waals surface area contributed by atoms with Gasteiger partial charge in [0.05, 0.1) is 25.4 Å². The Balaban J connectivity index is 3.31. The first-order valence-corrected chi connectivity index (χ1v) is 30.1. The zero-order valence-electron chi connectivity index (χ0n) is 45.1. The number of allylic oxidation sites excluding steroid dienone is 3. The van der Waals surface area contributed by atoms with Crippen LogP contribution in [0.1, 0.15) is 328 Å². The molecule has 0 rings (SSSR count). The summed E-state index contributed by atoms with van der Waals surface area (Å²) in [6.45, 7) is 4.85. The van der Waals surface area contributed by atoms with E-state index in [2.05, 4.69) is 31.3 Å². The van der Waals surface area contributed by atoms with E-state index in [9.17, 15) is 19.8 Å². The van der Waals surface area contributed by atoms with Crippen LogP contribution in [0.2, 0.25) is 0 Å². The number of carbonyl (C=O) groups excluding carboxylic acids is 2. The first kappa shape index (κ1) is 65.3. The Bertz CT molecular complexity index is 1040. The highest BCUT2D eigenvalue weighted by atomic mass is 16.5. The zero-order valence-corrected chi connectivity index (χ0v) is 45.1. The maximum absolute atomic E-state index is 12.4. The van der Waals surface area contributed by atoms with E-state index in [1.807, 2.05) is 6.08 Å². The summed E-state index contributed by atoms with van der Waals surface area (Å²) in [7, 11) is 0. The molecule has 3 N–H and O–H groups in total. The minimum absolute atomic E-state index is 0.00851. The van der Waals surface area contributed by atoms with Gasteiger partial charge in [0.15, 0.2) is 0 Å². The van der Waals surface area contributed by atoms with Crippen LogP contribution in [0.4, 0.5) is 0 Å². The van der Waals surface area contributed by atoms with E-state index >= 15 is 0 Å². The minimum atomic E-state index is -0.838. The number of nitrogens with one attached hydrogen (secondary N) is 1. The average Bonchev–Trinajstić information content (AvgIpc) is 3.33. The van der Waals surface area contributed by atoms with Crippen molar-refractivity contribution < 1.29 is 24.5 Å². The minimum Gasteiger partial charge on any atom is -0.466 e. The molecule has 67 heavy (non-hydrogen) atoms. The Morgan fingerprint density at radius 2 is 0.716 bits per heavy atom. The molecule has 0 aromatic heterocycles. The van der Waals surface area contributed by atoms with Crippen LogP contribution in [0.25, 0.3) is 0 Å². The Morgan fingerprint density at radius 3 is 1.10 bits per heavy atom. The third-order valence-electron chi connectivity index (χ3n) is 14.0. The van der Waals surface area contributed by atoms with Gasteiger partial charge in [-0.25, -0.2) is 0 Å². The van der Waals surface area contributed by atoms with Crippen molar-refractivity contribution in [2.75, 3.05) is 13.2 Å². The van der Waals surface area contributed by atoms with Crippen molar-refractivity contribution in [1.82, 2.24) is 5.32 Å². The Labute approximate surface area is 418 Å². The Morgan fingerprint density at radius 1 is 0.403 bits per heavy atom. The Hall–Kier alpha value is -1.66. The van der Waals surface area contributed by atoms with Crippen LogP contribution in [0.15, 0.2) is 24.3 Å². The summed E-state index contributed by atoms with van der Waals surface area (Å²) in [6, 6.07) is -0.622. The number of aliphatic hydroxyl groups is 2. The van der Waals surface area contributed by atoms with Crippen LogP contribution in [0.5, 0.6) is 0 Å². The van der Waals surface area contributed by atoms with Gasteiger partial charge in [-0.2, -0.15) is 0 Å².